The number of esters is 1. The van der Waals surface area contributed by atoms with Gasteiger partial charge in [0.05, 0.1) is 0 Å². The summed E-state index contributed by atoms with van der Waals surface area (Å²) in [7, 11) is 0. The zero-order valence-electron chi connectivity index (χ0n) is 16.2. The molecule has 6 heteroatoms. The maximum atomic E-state index is 12.8. The highest BCUT2D eigenvalue weighted by Crippen LogP contribution is 2.55. The fraction of sp³-hybridized carbons (Fsp3) is 0.636. The molecular formula is C22H27NO5. The van der Waals surface area contributed by atoms with Crippen LogP contribution >= 0.6 is 0 Å². The molecule has 28 heavy (non-hydrogen) atoms. The molecule has 4 bridgehead atoms. The second-order valence-electron chi connectivity index (χ2n) is 9.13. The van der Waals surface area contributed by atoms with Gasteiger partial charge in [-0.2, -0.15) is 0 Å². The molecule has 1 aromatic carbocycles. The SMILES string of the molecule is C[C@H](OC(=O)[C@H]1COc2ccccc2O1)C(=O)NC12CC3CC(CC(C3)C1)C2. The predicted octanol–water partition coefficient (Wildman–Crippen LogP) is 2.84. The van der Waals surface area contributed by atoms with Gasteiger partial charge in [-0.05, 0) is 75.3 Å². The summed E-state index contributed by atoms with van der Waals surface area (Å²) in [4.78, 5) is 25.3. The molecule has 1 N–H and O–H groups in total. The van der Waals surface area contributed by atoms with Crippen LogP contribution in [0.4, 0.5) is 0 Å². The molecule has 1 amide bonds. The number of fused-ring (bicyclic) bond motifs is 1. The van der Waals surface area contributed by atoms with Crippen LogP contribution in [0.15, 0.2) is 24.3 Å². The Kier molecular flexibility index (Phi) is 4.25. The predicted molar refractivity (Wildman–Crippen MR) is 101 cm³/mol. The van der Waals surface area contributed by atoms with Gasteiger partial charge in [0.1, 0.15) is 6.61 Å². The molecule has 6 nitrogen and oxygen atoms in total. The Hall–Kier alpha value is -2.24. The Labute approximate surface area is 164 Å². The molecule has 1 heterocycles. The molecular weight excluding hydrogens is 358 g/mol. The zero-order valence-corrected chi connectivity index (χ0v) is 16.2. The first-order valence-corrected chi connectivity index (χ1v) is 10.4. The van der Waals surface area contributed by atoms with Crippen LogP contribution in [0.3, 0.4) is 0 Å². The van der Waals surface area contributed by atoms with E-state index >= 15 is 0 Å². The van der Waals surface area contributed by atoms with Gasteiger partial charge in [-0.1, -0.05) is 12.1 Å². The quantitative estimate of drug-likeness (QED) is 0.807. The number of amides is 1. The van der Waals surface area contributed by atoms with E-state index in [1.54, 1.807) is 19.1 Å². The molecule has 150 valence electrons. The highest BCUT2D eigenvalue weighted by Gasteiger charge is 2.52. The van der Waals surface area contributed by atoms with Crippen molar-refractivity contribution in [2.24, 2.45) is 17.8 Å². The van der Waals surface area contributed by atoms with Crippen molar-refractivity contribution in [3.63, 3.8) is 0 Å². The standard InChI is InChI=1S/C22H27NO5/c1-13(27-21(25)19-12-26-17-4-2-3-5-18(17)28-19)20(24)23-22-9-14-6-15(10-22)8-16(7-14)11-22/h2-5,13-16,19H,6-12H2,1H3,(H,23,24)/t13-,14?,15?,16?,19+,22?/m0/s1. The fourth-order valence-corrected chi connectivity index (χ4v) is 6.07. The summed E-state index contributed by atoms with van der Waals surface area (Å²) in [5.74, 6) is 2.60. The second kappa shape index (κ2) is 6.68. The third-order valence-electron chi connectivity index (χ3n) is 6.86. The summed E-state index contributed by atoms with van der Waals surface area (Å²) < 4.78 is 16.7. The first-order chi connectivity index (χ1) is 13.5. The molecule has 0 spiro atoms. The van der Waals surface area contributed by atoms with Crippen molar-refractivity contribution in [2.45, 2.75) is 63.2 Å². The number of nitrogens with one attached hydrogen (secondary N) is 1. The van der Waals surface area contributed by atoms with E-state index in [2.05, 4.69) is 5.32 Å². The van der Waals surface area contributed by atoms with E-state index in [0.717, 1.165) is 37.0 Å². The van der Waals surface area contributed by atoms with E-state index in [1.807, 2.05) is 12.1 Å². The topological polar surface area (TPSA) is 73.9 Å². The highest BCUT2D eigenvalue weighted by molar-refractivity contribution is 5.85. The molecule has 4 aliphatic carbocycles. The van der Waals surface area contributed by atoms with Crippen molar-refractivity contribution < 1.29 is 23.8 Å². The van der Waals surface area contributed by atoms with Gasteiger partial charge in [0.2, 0.25) is 6.10 Å². The molecule has 4 saturated carbocycles. The molecule has 0 unspecified atom stereocenters. The molecule has 1 aliphatic heterocycles. The number of carbonyl (C=O) groups is 2. The third-order valence-corrected chi connectivity index (χ3v) is 6.86. The van der Waals surface area contributed by atoms with Crippen LogP contribution in [-0.4, -0.2) is 36.2 Å². The summed E-state index contributed by atoms with van der Waals surface area (Å²) in [6.45, 7) is 1.71. The Morgan fingerprint density at radius 3 is 2.32 bits per heavy atom. The van der Waals surface area contributed by atoms with Gasteiger partial charge in [0, 0.05) is 5.54 Å². The molecule has 0 radical (unpaired) electrons. The van der Waals surface area contributed by atoms with Crippen LogP contribution in [0.2, 0.25) is 0 Å². The van der Waals surface area contributed by atoms with Gasteiger partial charge in [-0.15, -0.1) is 0 Å². The van der Waals surface area contributed by atoms with Crippen molar-refractivity contribution in [3.8, 4) is 11.5 Å². The van der Waals surface area contributed by atoms with Crippen molar-refractivity contribution in [3.05, 3.63) is 24.3 Å². The van der Waals surface area contributed by atoms with Crippen LogP contribution in [-0.2, 0) is 14.3 Å². The van der Waals surface area contributed by atoms with E-state index in [1.165, 1.54) is 19.3 Å². The highest BCUT2D eigenvalue weighted by atomic mass is 16.6. The van der Waals surface area contributed by atoms with E-state index in [0.29, 0.717) is 11.5 Å². The summed E-state index contributed by atoms with van der Waals surface area (Å²) >= 11 is 0. The van der Waals surface area contributed by atoms with Crippen LogP contribution < -0.4 is 14.8 Å². The van der Waals surface area contributed by atoms with Crippen molar-refractivity contribution in [1.29, 1.82) is 0 Å². The average molecular weight is 385 g/mol. The average Bonchev–Trinajstić information content (AvgIpc) is 2.66. The third kappa shape index (κ3) is 3.23. The normalized spacial score (nSPS) is 35.9. The second-order valence-corrected chi connectivity index (χ2v) is 9.13. The first kappa shape index (κ1) is 17.8. The Morgan fingerprint density at radius 1 is 1.07 bits per heavy atom. The largest absolute Gasteiger partial charge is 0.485 e. The minimum atomic E-state index is -0.857. The Balaban J connectivity index is 1.18. The summed E-state index contributed by atoms with van der Waals surface area (Å²) in [6.07, 6.45) is 5.47. The van der Waals surface area contributed by atoms with Crippen molar-refractivity contribution in [1.82, 2.24) is 5.32 Å². The first-order valence-electron chi connectivity index (χ1n) is 10.4. The number of hydrogen-bond donors (Lipinski definition) is 1. The summed E-state index contributed by atoms with van der Waals surface area (Å²) in [5, 5.41) is 3.26. The fourth-order valence-electron chi connectivity index (χ4n) is 6.07. The van der Waals surface area contributed by atoms with Gasteiger partial charge < -0.3 is 19.5 Å². The van der Waals surface area contributed by atoms with Gasteiger partial charge >= 0.3 is 5.97 Å². The lowest BCUT2D eigenvalue weighted by molar-refractivity contribution is -0.165. The minimum Gasteiger partial charge on any atom is -0.485 e. The maximum Gasteiger partial charge on any atom is 0.351 e. The molecule has 2 atom stereocenters. The van der Waals surface area contributed by atoms with Crippen molar-refractivity contribution >= 4 is 11.9 Å². The van der Waals surface area contributed by atoms with Gasteiger partial charge in [-0.3, -0.25) is 4.79 Å². The lowest BCUT2D eigenvalue weighted by Gasteiger charge is -2.57. The smallest absolute Gasteiger partial charge is 0.351 e. The minimum absolute atomic E-state index is 0.0825. The summed E-state index contributed by atoms with van der Waals surface area (Å²) in [5.41, 5.74) is -0.0874. The zero-order chi connectivity index (χ0) is 19.3. The Morgan fingerprint density at radius 2 is 1.68 bits per heavy atom. The number of para-hydroxylation sites is 2. The summed E-state index contributed by atoms with van der Waals surface area (Å²) in [6, 6.07) is 7.20. The van der Waals surface area contributed by atoms with Crippen LogP contribution in [0, 0.1) is 17.8 Å². The van der Waals surface area contributed by atoms with Crippen LogP contribution in [0.5, 0.6) is 11.5 Å². The lowest BCUT2D eigenvalue weighted by atomic mass is 9.53. The number of carbonyl (C=O) groups excluding carboxylic acids is 2. The Bertz CT molecular complexity index is 756. The lowest BCUT2D eigenvalue weighted by Crippen LogP contribution is -2.61. The number of benzene rings is 1. The molecule has 0 saturated heterocycles. The van der Waals surface area contributed by atoms with E-state index in [4.69, 9.17) is 14.2 Å². The number of ether oxygens (including phenoxy) is 3. The monoisotopic (exact) mass is 385 g/mol. The molecule has 4 fully saturated rings. The van der Waals surface area contributed by atoms with Gasteiger partial charge in [-0.25, -0.2) is 4.79 Å². The van der Waals surface area contributed by atoms with Gasteiger partial charge in [0.15, 0.2) is 17.6 Å². The number of hydrogen-bond acceptors (Lipinski definition) is 5. The van der Waals surface area contributed by atoms with Crippen molar-refractivity contribution in [2.75, 3.05) is 6.61 Å². The van der Waals surface area contributed by atoms with E-state index in [-0.39, 0.29) is 18.1 Å². The van der Waals surface area contributed by atoms with Gasteiger partial charge in [0.25, 0.3) is 5.91 Å². The molecule has 5 aliphatic rings. The number of rotatable bonds is 4. The van der Waals surface area contributed by atoms with Crippen LogP contribution in [0.25, 0.3) is 0 Å². The van der Waals surface area contributed by atoms with E-state index < -0.39 is 18.2 Å². The van der Waals surface area contributed by atoms with Crippen LogP contribution in [0.1, 0.15) is 45.4 Å². The van der Waals surface area contributed by atoms with E-state index in [9.17, 15) is 9.59 Å². The molecule has 0 aromatic heterocycles. The molecule has 6 rings (SSSR count). The molecule has 1 aromatic rings. The maximum absolute atomic E-state index is 12.8.